The Balaban J connectivity index is 0.00000220. The zero-order valence-electron chi connectivity index (χ0n) is 12.1. The number of nitro groups is 1. The number of hydrogen-bond acceptors (Lipinski definition) is 4. The minimum Gasteiger partial charge on any atom is -0.338 e. The van der Waals surface area contributed by atoms with Crippen LogP contribution in [0.3, 0.4) is 0 Å². The molecule has 0 aromatic heterocycles. The number of carbonyl (C=O) groups is 1. The fourth-order valence-corrected chi connectivity index (χ4v) is 2.65. The summed E-state index contributed by atoms with van der Waals surface area (Å²) in [6, 6.07) is 4.87. The quantitative estimate of drug-likeness (QED) is 0.683. The lowest BCUT2D eigenvalue weighted by atomic mass is 10.0. The normalized spacial score (nSPS) is 19.0. The van der Waals surface area contributed by atoms with Crippen LogP contribution in [0.4, 0.5) is 5.69 Å². The molecule has 1 fully saturated rings. The maximum atomic E-state index is 12.5. The van der Waals surface area contributed by atoms with Gasteiger partial charge in [-0.3, -0.25) is 14.9 Å². The average Bonchev–Trinajstić information content (AvgIpc) is 2.86. The van der Waals surface area contributed by atoms with Crippen molar-refractivity contribution in [2.24, 2.45) is 11.7 Å². The van der Waals surface area contributed by atoms with Gasteiger partial charge in [0.05, 0.1) is 4.92 Å². The van der Waals surface area contributed by atoms with E-state index in [1.54, 1.807) is 24.0 Å². The molecule has 1 aromatic rings. The number of hydrogen-bond donors (Lipinski definition) is 1. The van der Waals surface area contributed by atoms with Gasteiger partial charge in [-0.1, -0.05) is 12.1 Å². The summed E-state index contributed by atoms with van der Waals surface area (Å²) >= 11 is 0. The van der Waals surface area contributed by atoms with Crippen molar-refractivity contribution in [3.8, 4) is 0 Å². The molecule has 0 radical (unpaired) electrons. The molecular weight excluding hydrogens is 294 g/mol. The van der Waals surface area contributed by atoms with Crippen LogP contribution in [0.25, 0.3) is 0 Å². The number of benzene rings is 1. The first kappa shape index (κ1) is 17.4. The lowest BCUT2D eigenvalue weighted by molar-refractivity contribution is -0.385. The molecule has 2 unspecified atom stereocenters. The van der Waals surface area contributed by atoms with E-state index in [0.717, 1.165) is 6.42 Å². The van der Waals surface area contributed by atoms with E-state index in [9.17, 15) is 14.9 Å². The molecule has 116 valence electrons. The van der Waals surface area contributed by atoms with Crippen LogP contribution in [0.2, 0.25) is 0 Å². The Morgan fingerprint density at radius 3 is 2.71 bits per heavy atom. The number of aryl methyl sites for hydroxylation is 1. The van der Waals surface area contributed by atoms with Crippen LogP contribution < -0.4 is 5.73 Å². The third-order valence-electron chi connectivity index (χ3n) is 3.91. The predicted molar refractivity (Wildman–Crippen MR) is 82.7 cm³/mol. The first-order chi connectivity index (χ1) is 9.41. The van der Waals surface area contributed by atoms with E-state index in [0.29, 0.717) is 18.7 Å². The Kier molecular flexibility index (Phi) is 5.69. The molecule has 0 spiro atoms. The van der Waals surface area contributed by atoms with E-state index in [1.165, 1.54) is 6.07 Å². The number of likely N-dealkylation sites (tertiary alicyclic amines) is 1. The van der Waals surface area contributed by atoms with E-state index >= 15 is 0 Å². The lowest BCUT2D eigenvalue weighted by Crippen LogP contribution is -2.33. The molecule has 0 saturated carbocycles. The zero-order chi connectivity index (χ0) is 14.9. The third kappa shape index (κ3) is 3.51. The van der Waals surface area contributed by atoms with Crippen molar-refractivity contribution in [3.63, 3.8) is 0 Å². The fourth-order valence-electron chi connectivity index (χ4n) is 2.65. The first-order valence-corrected chi connectivity index (χ1v) is 6.70. The Bertz CT molecular complexity index is 548. The lowest BCUT2D eigenvalue weighted by Gasteiger charge is -2.18. The van der Waals surface area contributed by atoms with Crippen LogP contribution in [0.1, 0.15) is 29.3 Å². The third-order valence-corrected chi connectivity index (χ3v) is 3.91. The molecule has 1 aliphatic heterocycles. The van der Waals surface area contributed by atoms with Gasteiger partial charge in [0.15, 0.2) is 0 Å². The van der Waals surface area contributed by atoms with Crippen LogP contribution in [-0.4, -0.2) is 34.9 Å². The topological polar surface area (TPSA) is 89.5 Å². The summed E-state index contributed by atoms with van der Waals surface area (Å²) in [4.78, 5) is 24.8. The minimum absolute atomic E-state index is 0. The van der Waals surface area contributed by atoms with E-state index in [2.05, 4.69) is 0 Å². The summed E-state index contributed by atoms with van der Waals surface area (Å²) in [7, 11) is 0. The standard InChI is InChI=1S/C14H19N3O3.ClH/c1-9-4-3-5-12(13(9)17(19)20)14(18)16-7-6-11(8-16)10(2)15;/h3-5,10-11H,6-8,15H2,1-2H3;1H. The van der Waals surface area contributed by atoms with Crippen molar-refractivity contribution in [3.05, 3.63) is 39.4 Å². The molecule has 1 amide bonds. The van der Waals surface area contributed by atoms with Gasteiger partial charge in [-0.05, 0) is 32.3 Å². The monoisotopic (exact) mass is 313 g/mol. The van der Waals surface area contributed by atoms with Gasteiger partial charge < -0.3 is 10.6 Å². The van der Waals surface area contributed by atoms with Crippen molar-refractivity contribution in [1.29, 1.82) is 0 Å². The fraction of sp³-hybridized carbons (Fsp3) is 0.500. The molecule has 21 heavy (non-hydrogen) atoms. The van der Waals surface area contributed by atoms with E-state index in [1.807, 2.05) is 6.92 Å². The second kappa shape index (κ2) is 6.87. The molecule has 7 heteroatoms. The van der Waals surface area contributed by atoms with Crippen molar-refractivity contribution in [1.82, 2.24) is 4.90 Å². The van der Waals surface area contributed by atoms with Gasteiger partial charge >= 0.3 is 0 Å². The Morgan fingerprint density at radius 2 is 2.19 bits per heavy atom. The van der Waals surface area contributed by atoms with Gasteiger partial charge in [-0.2, -0.15) is 0 Å². The highest BCUT2D eigenvalue weighted by Crippen LogP contribution is 2.27. The number of para-hydroxylation sites is 1. The van der Waals surface area contributed by atoms with Crippen LogP contribution in [0.5, 0.6) is 0 Å². The summed E-state index contributed by atoms with van der Waals surface area (Å²) < 4.78 is 0. The molecule has 1 aliphatic rings. The van der Waals surface area contributed by atoms with E-state index in [4.69, 9.17) is 5.73 Å². The van der Waals surface area contributed by atoms with Crippen LogP contribution in [0.15, 0.2) is 18.2 Å². The maximum Gasteiger partial charge on any atom is 0.285 e. The first-order valence-electron chi connectivity index (χ1n) is 6.70. The van der Waals surface area contributed by atoms with Crippen molar-refractivity contribution < 1.29 is 9.72 Å². The zero-order valence-corrected chi connectivity index (χ0v) is 12.9. The Labute approximate surface area is 129 Å². The average molecular weight is 314 g/mol. The van der Waals surface area contributed by atoms with Crippen LogP contribution in [-0.2, 0) is 0 Å². The number of nitro benzene ring substituents is 1. The SMILES string of the molecule is Cc1cccc(C(=O)N2CCC(C(C)N)C2)c1[N+](=O)[O-].Cl. The number of halogens is 1. The van der Waals surface area contributed by atoms with Gasteiger partial charge in [0.25, 0.3) is 11.6 Å². The molecule has 1 heterocycles. The summed E-state index contributed by atoms with van der Waals surface area (Å²) in [6.07, 6.45) is 0.850. The highest BCUT2D eigenvalue weighted by molar-refractivity contribution is 5.98. The Morgan fingerprint density at radius 1 is 1.52 bits per heavy atom. The van der Waals surface area contributed by atoms with Crippen LogP contribution in [0, 0.1) is 23.0 Å². The molecular formula is C14H20ClN3O3. The molecule has 2 atom stereocenters. The van der Waals surface area contributed by atoms with Gasteiger partial charge in [-0.25, -0.2) is 0 Å². The number of amides is 1. The van der Waals surface area contributed by atoms with Crippen molar-refractivity contribution >= 4 is 24.0 Å². The van der Waals surface area contributed by atoms with Crippen molar-refractivity contribution in [2.75, 3.05) is 13.1 Å². The molecule has 1 saturated heterocycles. The maximum absolute atomic E-state index is 12.5. The Hall–Kier alpha value is -1.66. The van der Waals surface area contributed by atoms with Gasteiger partial charge in [0.2, 0.25) is 0 Å². The highest BCUT2D eigenvalue weighted by atomic mass is 35.5. The number of carbonyl (C=O) groups excluding carboxylic acids is 1. The van der Waals surface area contributed by atoms with Gasteiger partial charge in [-0.15, -0.1) is 12.4 Å². The van der Waals surface area contributed by atoms with Gasteiger partial charge in [0, 0.05) is 24.7 Å². The molecule has 0 aliphatic carbocycles. The summed E-state index contributed by atoms with van der Waals surface area (Å²) in [5.74, 6) is -0.00800. The molecule has 2 rings (SSSR count). The number of nitrogens with two attached hydrogens (primary N) is 1. The van der Waals surface area contributed by atoms with E-state index in [-0.39, 0.29) is 41.5 Å². The molecule has 2 N–H and O–H groups in total. The summed E-state index contributed by atoms with van der Waals surface area (Å²) in [5.41, 5.74) is 6.43. The smallest absolute Gasteiger partial charge is 0.285 e. The van der Waals surface area contributed by atoms with Gasteiger partial charge in [0.1, 0.15) is 5.56 Å². The van der Waals surface area contributed by atoms with Crippen molar-refractivity contribution in [2.45, 2.75) is 26.3 Å². The number of nitrogens with zero attached hydrogens (tertiary/aromatic N) is 2. The van der Waals surface area contributed by atoms with Crippen LogP contribution >= 0.6 is 12.4 Å². The van der Waals surface area contributed by atoms with E-state index < -0.39 is 4.92 Å². The molecule has 6 nitrogen and oxygen atoms in total. The predicted octanol–water partition coefficient (Wildman–Crippen LogP) is 2.13. The minimum atomic E-state index is -0.484. The molecule has 1 aromatic carbocycles. The largest absolute Gasteiger partial charge is 0.338 e. The molecule has 0 bridgehead atoms. The summed E-state index contributed by atoms with van der Waals surface area (Å²) in [6.45, 7) is 4.75. The highest BCUT2D eigenvalue weighted by Gasteiger charge is 2.32. The number of rotatable bonds is 3. The summed E-state index contributed by atoms with van der Waals surface area (Å²) in [5, 5.41) is 11.1. The second-order valence-electron chi connectivity index (χ2n) is 5.39. The second-order valence-corrected chi connectivity index (χ2v) is 5.39.